The molecule has 0 amide bonds. The van der Waals surface area contributed by atoms with Crippen LogP contribution in [0.25, 0.3) is 32.1 Å². The number of nitriles is 1. The van der Waals surface area contributed by atoms with Crippen LogP contribution in [-0.4, -0.2) is 53.0 Å². The minimum absolute atomic E-state index is 0.121. The zero-order chi connectivity index (χ0) is 27.7. The monoisotopic (exact) mass is 580 g/mol. The van der Waals surface area contributed by atoms with E-state index in [0.717, 1.165) is 59.6 Å². The number of hydrogen-bond donors (Lipinski definition) is 3. The summed E-state index contributed by atoms with van der Waals surface area (Å²) in [5.74, 6) is 0.297. The average molecular weight is 581 g/mol. The molecule has 12 heteroatoms. The first-order valence-corrected chi connectivity index (χ1v) is 14.4. The summed E-state index contributed by atoms with van der Waals surface area (Å²) in [7, 11) is 0. The maximum atomic E-state index is 14.9. The maximum Gasteiger partial charge on any atom is 0.319 e. The molecule has 2 aromatic heterocycles. The molecular weight excluding hydrogens is 555 g/mol. The van der Waals surface area contributed by atoms with Crippen LogP contribution in [0.3, 0.4) is 0 Å². The van der Waals surface area contributed by atoms with Gasteiger partial charge in [0.2, 0.25) is 0 Å². The van der Waals surface area contributed by atoms with Crippen molar-refractivity contribution in [2.45, 2.75) is 51.2 Å². The molecule has 0 spiro atoms. The van der Waals surface area contributed by atoms with E-state index < -0.39 is 11.9 Å². The number of ether oxygens (including phenoxy) is 2. The zero-order valence-corrected chi connectivity index (χ0v) is 23.2. The molecule has 0 saturated carbocycles. The number of rotatable bonds is 5. The molecule has 3 unspecified atom stereocenters. The van der Waals surface area contributed by atoms with Gasteiger partial charge >= 0.3 is 6.01 Å². The van der Waals surface area contributed by atoms with Crippen LogP contribution in [0.15, 0.2) is 12.1 Å². The number of nitrogen functional groups attached to an aromatic ring is 1. The van der Waals surface area contributed by atoms with E-state index in [9.17, 15) is 14.8 Å². The molecule has 4 aromatic rings. The third-order valence-corrected chi connectivity index (χ3v) is 9.54. The number of piperazine rings is 1. The van der Waals surface area contributed by atoms with E-state index in [1.54, 1.807) is 13.0 Å². The van der Waals surface area contributed by atoms with Crippen molar-refractivity contribution in [3.8, 4) is 23.2 Å². The van der Waals surface area contributed by atoms with E-state index in [0.29, 0.717) is 45.0 Å². The predicted octanol–water partition coefficient (Wildman–Crippen LogP) is 4.49. The quantitative estimate of drug-likeness (QED) is 0.313. The predicted molar refractivity (Wildman–Crippen MR) is 152 cm³/mol. The Labute approximate surface area is 238 Å². The highest BCUT2D eigenvalue weighted by molar-refractivity contribution is 7.23. The van der Waals surface area contributed by atoms with Crippen molar-refractivity contribution in [2.75, 3.05) is 30.3 Å². The van der Waals surface area contributed by atoms with Crippen LogP contribution >= 0.6 is 22.9 Å². The van der Waals surface area contributed by atoms with Crippen LogP contribution in [0.2, 0.25) is 5.02 Å². The van der Waals surface area contributed by atoms with Crippen molar-refractivity contribution in [3.63, 3.8) is 0 Å². The molecule has 206 valence electrons. The van der Waals surface area contributed by atoms with Gasteiger partial charge in [0.25, 0.3) is 0 Å². The van der Waals surface area contributed by atoms with E-state index in [4.69, 9.17) is 36.8 Å². The van der Waals surface area contributed by atoms with Crippen molar-refractivity contribution in [3.05, 3.63) is 39.7 Å². The van der Waals surface area contributed by atoms with Gasteiger partial charge in [-0.05, 0) is 42.5 Å². The SMILES string of the molecule is CC(CO)Oc1nc(N2C3CCC2CNC3)c2c3c(c(-c4ccc(F)c5sc(N)c(C#N)c45)c(Cl)c2n1)COC3. The lowest BCUT2D eigenvalue weighted by atomic mass is 9.90. The van der Waals surface area contributed by atoms with E-state index >= 15 is 0 Å². The smallest absolute Gasteiger partial charge is 0.319 e. The van der Waals surface area contributed by atoms with Gasteiger partial charge < -0.3 is 30.5 Å². The van der Waals surface area contributed by atoms with Gasteiger partial charge in [0.1, 0.15) is 28.8 Å². The summed E-state index contributed by atoms with van der Waals surface area (Å²) >= 11 is 8.30. The highest BCUT2D eigenvalue weighted by Crippen LogP contribution is 2.50. The lowest BCUT2D eigenvalue weighted by Crippen LogP contribution is -2.52. The summed E-state index contributed by atoms with van der Waals surface area (Å²) in [6.45, 7) is 3.87. The molecule has 2 aromatic carbocycles. The molecule has 0 radical (unpaired) electrons. The lowest BCUT2D eigenvalue weighted by molar-refractivity contribution is 0.120. The van der Waals surface area contributed by atoms with E-state index in [1.165, 1.54) is 6.07 Å². The summed E-state index contributed by atoms with van der Waals surface area (Å²) in [5, 5.41) is 24.9. The van der Waals surface area contributed by atoms with Gasteiger partial charge in [0.05, 0.1) is 46.0 Å². The summed E-state index contributed by atoms with van der Waals surface area (Å²) in [4.78, 5) is 12.0. The topological polar surface area (TPSA) is 130 Å². The highest BCUT2D eigenvalue weighted by Gasteiger charge is 2.40. The molecule has 7 rings (SSSR count). The number of anilines is 2. The number of aliphatic hydroxyl groups is 1. The van der Waals surface area contributed by atoms with Crippen LogP contribution in [-0.2, 0) is 18.0 Å². The van der Waals surface area contributed by atoms with E-state index in [2.05, 4.69) is 16.3 Å². The Morgan fingerprint density at radius 3 is 2.75 bits per heavy atom. The van der Waals surface area contributed by atoms with Crippen LogP contribution in [0.5, 0.6) is 6.01 Å². The molecular formula is C28H26ClFN6O3S. The van der Waals surface area contributed by atoms with E-state index in [-0.39, 0.29) is 35.3 Å². The second-order valence-electron chi connectivity index (χ2n) is 10.5. The number of nitrogens with one attached hydrogen (secondary N) is 1. The standard InChI is InChI=1S/C28H26ClFN6O3S/c1-12(9-37)39-28-34-24-22(27(35-28)36-13-2-3-14(36)8-33-7-13)18-11-38-10-17(18)20(23(24)29)15-4-5-19(30)25-21(15)16(6-31)26(32)40-25/h4-5,12-14,33,37H,2-3,7-11,32H2,1H3. The maximum absolute atomic E-state index is 14.9. The summed E-state index contributed by atoms with van der Waals surface area (Å²) in [5.41, 5.74) is 9.87. The fourth-order valence-corrected chi connectivity index (χ4v) is 7.66. The number of fused-ring (bicyclic) bond motifs is 6. The van der Waals surface area contributed by atoms with Gasteiger partial charge in [-0.1, -0.05) is 17.7 Å². The molecule has 3 atom stereocenters. The number of nitrogens with two attached hydrogens (primary N) is 1. The van der Waals surface area contributed by atoms with Crippen molar-refractivity contribution < 1.29 is 19.0 Å². The normalized spacial score (nSPS) is 20.7. The first-order valence-electron chi connectivity index (χ1n) is 13.2. The molecule has 9 nitrogen and oxygen atoms in total. The molecule has 4 N–H and O–H groups in total. The number of benzene rings is 2. The highest BCUT2D eigenvalue weighted by atomic mass is 35.5. The van der Waals surface area contributed by atoms with Crippen molar-refractivity contribution in [2.24, 2.45) is 0 Å². The third kappa shape index (κ3) is 3.74. The average Bonchev–Trinajstić information content (AvgIpc) is 3.63. The van der Waals surface area contributed by atoms with Gasteiger partial charge in [-0.2, -0.15) is 15.2 Å². The third-order valence-electron chi connectivity index (χ3n) is 8.14. The number of nitrogens with zero attached hydrogens (tertiary/aromatic N) is 4. The Kier molecular flexibility index (Phi) is 6.21. The Balaban J connectivity index is 1.56. The lowest BCUT2D eigenvalue weighted by Gasteiger charge is -2.37. The molecule has 3 aliphatic rings. The van der Waals surface area contributed by atoms with Crippen molar-refractivity contribution >= 4 is 54.7 Å². The Morgan fingerprint density at radius 1 is 1.27 bits per heavy atom. The van der Waals surface area contributed by atoms with Gasteiger partial charge in [0.15, 0.2) is 0 Å². The fraction of sp³-hybridized carbons (Fsp3) is 0.393. The molecule has 3 aliphatic heterocycles. The minimum Gasteiger partial charge on any atom is -0.458 e. The van der Waals surface area contributed by atoms with Gasteiger partial charge in [-0.3, -0.25) is 0 Å². The Bertz CT molecular complexity index is 1720. The second kappa shape index (κ2) is 9.68. The first-order chi connectivity index (χ1) is 19.4. The molecule has 2 saturated heterocycles. The van der Waals surface area contributed by atoms with Crippen LogP contribution in [0.4, 0.5) is 15.2 Å². The van der Waals surface area contributed by atoms with Crippen LogP contribution in [0, 0.1) is 17.1 Å². The summed E-state index contributed by atoms with van der Waals surface area (Å²) in [6, 6.07) is 5.81. The molecule has 5 heterocycles. The number of halogens is 2. The number of thiophene rings is 1. The fourth-order valence-electron chi connectivity index (χ4n) is 6.36. The Morgan fingerprint density at radius 2 is 2.02 bits per heavy atom. The molecule has 0 aliphatic carbocycles. The number of hydrogen-bond acceptors (Lipinski definition) is 10. The van der Waals surface area contributed by atoms with Crippen LogP contribution < -0.4 is 20.7 Å². The summed E-state index contributed by atoms with van der Waals surface area (Å²) < 4.78 is 27.1. The minimum atomic E-state index is -0.523. The summed E-state index contributed by atoms with van der Waals surface area (Å²) in [6.07, 6.45) is 1.56. The Hall–Kier alpha value is -3.27. The molecule has 2 bridgehead atoms. The zero-order valence-electron chi connectivity index (χ0n) is 21.6. The van der Waals surface area contributed by atoms with Crippen molar-refractivity contribution in [1.82, 2.24) is 15.3 Å². The van der Waals surface area contributed by atoms with Gasteiger partial charge in [-0.25, -0.2) is 4.39 Å². The first kappa shape index (κ1) is 25.7. The number of aromatic nitrogens is 2. The number of aliphatic hydroxyl groups excluding tert-OH is 1. The van der Waals surface area contributed by atoms with E-state index in [1.807, 2.05) is 0 Å². The molecule has 2 fully saturated rings. The van der Waals surface area contributed by atoms with Crippen LogP contribution in [0.1, 0.15) is 36.5 Å². The second-order valence-corrected chi connectivity index (χ2v) is 11.9. The van der Waals surface area contributed by atoms with Crippen molar-refractivity contribution in [1.29, 1.82) is 5.26 Å². The van der Waals surface area contributed by atoms with Gasteiger partial charge in [-0.15, -0.1) is 11.3 Å². The largest absolute Gasteiger partial charge is 0.458 e. The van der Waals surface area contributed by atoms with Gasteiger partial charge in [0, 0.05) is 36.1 Å². The molecule has 40 heavy (non-hydrogen) atoms.